The first-order valence-electron chi connectivity index (χ1n) is 4.68. The maximum absolute atomic E-state index is 13.0. The molecule has 0 fully saturated rings. The lowest BCUT2D eigenvalue weighted by Crippen LogP contribution is -2.20. The van der Waals surface area contributed by atoms with Gasteiger partial charge in [-0.1, -0.05) is 17.7 Å². The SMILES string of the molecule is Cc1ccc(C2=NC(=C(F)F)C(F)(F)O2)cc1. The molecule has 90 valence electrons. The van der Waals surface area contributed by atoms with Gasteiger partial charge in [-0.05, 0) is 19.1 Å². The van der Waals surface area contributed by atoms with E-state index in [1.807, 2.05) is 6.92 Å². The fraction of sp³-hybridized carbons (Fsp3) is 0.182. The van der Waals surface area contributed by atoms with Crippen LogP contribution >= 0.6 is 0 Å². The zero-order chi connectivity index (χ0) is 12.6. The van der Waals surface area contributed by atoms with Crippen LogP contribution in [0.5, 0.6) is 0 Å². The Balaban J connectivity index is 2.40. The summed E-state index contributed by atoms with van der Waals surface area (Å²) in [5, 5.41) is 0. The van der Waals surface area contributed by atoms with Gasteiger partial charge in [-0.15, -0.1) is 0 Å². The van der Waals surface area contributed by atoms with Crippen LogP contribution in [0.2, 0.25) is 0 Å². The number of aryl methyl sites for hydroxylation is 1. The Morgan fingerprint density at radius 1 is 1.18 bits per heavy atom. The van der Waals surface area contributed by atoms with Crippen LogP contribution in [0.4, 0.5) is 17.6 Å². The summed E-state index contributed by atoms with van der Waals surface area (Å²) in [5.41, 5.74) is -0.494. The molecule has 0 aliphatic carbocycles. The van der Waals surface area contributed by atoms with Crippen molar-refractivity contribution in [3.05, 3.63) is 47.2 Å². The first-order chi connectivity index (χ1) is 7.90. The van der Waals surface area contributed by atoms with Crippen LogP contribution < -0.4 is 0 Å². The Kier molecular flexibility index (Phi) is 2.65. The Morgan fingerprint density at radius 3 is 2.24 bits per heavy atom. The van der Waals surface area contributed by atoms with Gasteiger partial charge in [-0.25, -0.2) is 4.99 Å². The van der Waals surface area contributed by atoms with Crippen molar-refractivity contribution >= 4 is 5.90 Å². The molecule has 2 rings (SSSR count). The Hall–Kier alpha value is -1.85. The molecule has 0 N–H and O–H groups in total. The van der Waals surface area contributed by atoms with Crippen molar-refractivity contribution in [2.75, 3.05) is 0 Å². The second kappa shape index (κ2) is 3.87. The Labute approximate surface area is 94.2 Å². The smallest absolute Gasteiger partial charge is 0.409 e. The summed E-state index contributed by atoms with van der Waals surface area (Å²) in [6.45, 7) is 1.81. The van der Waals surface area contributed by atoms with E-state index in [9.17, 15) is 17.6 Å². The molecule has 0 atom stereocenters. The largest absolute Gasteiger partial charge is 0.451 e. The van der Waals surface area contributed by atoms with Gasteiger partial charge in [0.1, 0.15) is 0 Å². The summed E-state index contributed by atoms with van der Waals surface area (Å²) in [6, 6.07) is 6.24. The predicted octanol–water partition coefficient (Wildman–Crippen LogP) is 3.47. The van der Waals surface area contributed by atoms with Crippen LogP contribution in [0, 0.1) is 6.92 Å². The number of benzene rings is 1. The molecule has 1 aliphatic rings. The summed E-state index contributed by atoms with van der Waals surface area (Å²) in [5.74, 6) is -0.502. The highest BCUT2D eigenvalue weighted by Gasteiger charge is 2.47. The van der Waals surface area contributed by atoms with Crippen molar-refractivity contribution in [1.29, 1.82) is 0 Å². The summed E-state index contributed by atoms with van der Waals surface area (Å²) >= 11 is 0. The topological polar surface area (TPSA) is 21.6 Å². The number of hydrogen-bond donors (Lipinski definition) is 0. The highest BCUT2D eigenvalue weighted by molar-refractivity contribution is 5.96. The number of rotatable bonds is 1. The third kappa shape index (κ3) is 2.15. The third-order valence-electron chi connectivity index (χ3n) is 2.19. The number of halogens is 4. The molecule has 0 spiro atoms. The average molecular weight is 245 g/mol. The van der Waals surface area contributed by atoms with Crippen molar-refractivity contribution in [2.24, 2.45) is 4.99 Å². The van der Waals surface area contributed by atoms with Crippen molar-refractivity contribution in [3.63, 3.8) is 0 Å². The Bertz CT molecular complexity index is 501. The lowest BCUT2D eigenvalue weighted by molar-refractivity contribution is -0.143. The predicted molar refractivity (Wildman–Crippen MR) is 53.0 cm³/mol. The van der Waals surface area contributed by atoms with E-state index < -0.39 is 23.8 Å². The molecule has 0 saturated heterocycles. The van der Waals surface area contributed by atoms with Gasteiger partial charge in [0, 0.05) is 5.56 Å². The molecule has 0 bridgehead atoms. The molecule has 0 amide bonds. The molecule has 1 heterocycles. The first kappa shape index (κ1) is 11.6. The van der Waals surface area contributed by atoms with Gasteiger partial charge in [0.05, 0.1) is 0 Å². The first-order valence-corrected chi connectivity index (χ1v) is 4.68. The van der Waals surface area contributed by atoms with Crippen molar-refractivity contribution in [1.82, 2.24) is 0 Å². The minimum Gasteiger partial charge on any atom is -0.409 e. The van der Waals surface area contributed by atoms with Gasteiger partial charge in [-0.3, -0.25) is 0 Å². The lowest BCUT2D eigenvalue weighted by atomic mass is 10.1. The number of ether oxygens (including phenoxy) is 1. The maximum Gasteiger partial charge on any atom is 0.451 e. The van der Waals surface area contributed by atoms with Gasteiger partial charge in [-0.2, -0.15) is 17.6 Å². The molecule has 0 aromatic heterocycles. The van der Waals surface area contributed by atoms with Gasteiger partial charge >= 0.3 is 12.2 Å². The highest BCUT2D eigenvalue weighted by Crippen LogP contribution is 2.37. The highest BCUT2D eigenvalue weighted by atomic mass is 19.3. The number of hydrogen-bond acceptors (Lipinski definition) is 2. The van der Waals surface area contributed by atoms with Crippen molar-refractivity contribution in [2.45, 2.75) is 13.0 Å². The van der Waals surface area contributed by atoms with E-state index >= 15 is 0 Å². The van der Waals surface area contributed by atoms with Crippen LogP contribution in [0.3, 0.4) is 0 Å². The number of aliphatic imine (C=N–C) groups is 1. The Morgan fingerprint density at radius 2 is 1.76 bits per heavy atom. The normalized spacial score (nSPS) is 17.7. The van der Waals surface area contributed by atoms with Gasteiger partial charge < -0.3 is 4.74 Å². The summed E-state index contributed by atoms with van der Waals surface area (Å²) in [6.07, 6.45) is -6.61. The molecule has 1 aromatic carbocycles. The minimum atomic E-state index is -4.07. The quantitative estimate of drug-likeness (QED) is 0.694. The lowest BCUT2D eigenvalue weighted by Gasteiger charge is -2.09. The van der Waals surface area contributed by atoms with E-state index in [0.29, 0.717) is 0 Å². The molecular formula is C11H7F4NO. The monoisotopic (exact) mass is 245 g/mol. The summed E-state index contributed by atoms with van der Waals surface area (Å²) in [7, 11) is 0. The van der Waals surface area contributed by atoms with Crippen molar-refractivity contribution in [3.8, 4) is 0 Å². The molecule has 0 radical (unpaired) electrons. The fourth-order valence-electron chi connectivity index (χ4n) is 1.33. The van der Waals surface area contributed by atoms with E-state index in [1.165, 1.54) is 12.1 Å². The molecule has 2 nitrogen and oxygen atoms in total. The van der Waals surface area contributed by atoms with Crippen molar-refractivity contribution < 1.29 is 22.3 Å². The average Bonchev–Trinajstić information content (AvgIpc) is 2.55. The third-order valence-corrected chi connectivity index (χ3v) is 2.19. The van der Waals surface area contributed by atoms with E-state index in [0.717, 1.165) is 5.56 Å². The molecule has 6 heteroatoms. The zero-order valence-electron chi connectivity index (χ0n) is 8.68. The molecule has 17 heavy (non-hydrogen) atoms. The second-order valence-electron chi connectivity index (χ2n) is 3.51. The molecular weight excluding hydrogens is 238 g/mol. The maximum atomic E-state index is 13.0. The van der Waals surface area contributed by atoms with Crippen LogP contribution in [-0.4, -0.2) is 12.0 Å². The van der Waals surface area contributed by atoms with Crippen LogP contribution in [-0.2, 0) is 4.74 Å². The van der Waals surface area contributed by atoms with E-state index in [1.54, 1.807) is 12.1 Å². The van der Waals surface area contributed by atoms with Crippen LogP contribution in [0.1, 0.15) is 11.1 Å². The molecule has 0 saturated carbocycles. The standard InChI is InChI=1S/C11H7F4NO/c1-6-2-4-7(5-3-6)10-16-8(9(12)13)11(14,15)17-10/h2-5H,1H3. The van der Waals surface area contributed by atoms with Crippen LogP contribution in [0.15, 0.2) is 41.0 Å². The van der Waals surface area contributed by atoms with Gasteiger partial charge in [0.2, 0.25) is 11.6 Å². The van der Waals surface area contributed by atoms with Gasteiger partial charge in [0.15, 0.2) is 0 Å². The fourth-order valence-corrected chi connectivity index (χ4v) is 1.33. The second-order valence-corrected chi connectivity index (χ2v) is 3.51. The van der Waals surface area contributed by atoms with E-state index in [4.69, 9.17) is 0 Å². The molecule has 1 aliphatic heterocycles. The van der Waals surface area contributed by atoms with E-state index in [-0.39, 0.29) is 5.56 Å². The zero-order valence-corrected chi connectivity index (χ0v) is 8.68. The molecule has 1 aromatic rings. The number of nitrogens with zero attached hydrogens (tertiary/aromatic N) is 1. The molecule has 0 unspecified atom stereocenters. The van der Waals surface area contributed by atoms with Crippen LogP contribution in [0.25, 0.3) is 0 Å². The summed E-state index contributed by atoms with van der Waals surface area (Å²) in [4.78, 5) is 3.11. The number of alkyl halides is 2. The summed E-state index contributed by atoms with van der Waals surface area (Å²) < 4.78 is 54.5. The van der Waals surface area contributed by atoms with Gasteiger partial charge in [0.25, 0.3) is 0 Å². The minimum absolute atomic E-state index is 0.228. The van der Waals surface area contributed by atoms with E-state index in [2.05, 4.69) is 9.73 Å².